The van der Waals surface area contributed by atoms with Crippen LogP contribution in [0.15, 0.2) is 30.6 Å². The lowest BCUT2D eigenvalue weighted by atomic mass is 10.1. The molecule has 1 aromatic carbocycles. The van der Waals surface area contributed by atoms with Gasteiger partial charge in [0, 0.05) is 13.0 Å². The Labute approximate surface area is 96.1 Å². The van der Waals surface area contributed by atoms with Gasteiger partial charge in [0.15, 0.2) is 0 Å². The van der Waals surface area contributed by atoms with Crippen molar-refractivity contribution >= 4 is 0 Å². The quantitative estimate of drug-likeness (QED) is 0.784. The first-order chi connectivity index (χ1) is 7.81. The average Bonchev–Trinajstić information content (AvgIpc) is 2.70. The van der Waals surface area contributed by atoms with Crippen molar-refractivity contribution in [3.8, 4) is 0 Å². The molecule has 0 radical (unpaired) electrons. The normalized spacial score (nSPS) is 10.6. The van der Waals surface area contributed by atoms with Crippen LogP contribution in [0.2, 0.25) is 0 Å². The number of aryl methyl sites for hydroxylation is 2. The van der Waals surface area contributed by atoms with Crippen LogP contribution >= 0.6 is 0 Å². The van der Waals surface area contributed by atoms with Gasteiger partial charge >= 0.3 is 0 Å². The maximum Gasteiger partial charge on any atom is 0.137 e. The molecule has 0 N–H and O–H groups in total. The van der Waals surface area contributed by atoms with E-state index >= 15 is 0 Å². The highest BCUT2D eigenvalue weighted by Crippen LogP contribution is 2.12. The molecule has 2 aromatic rings. The Morgan fingerprint density at radius 1 is 1.25 bits per heavy atom. The van der Waals surface area contributed by atoms with Gasteiger partial charge in [0.05, 0.1) is 0 Å². The monoisotopic (exact) mass is 215 g/mol. The van der Waals surface area contributed by atoms with Gasteiger partial charge in [-0.2, -0.15) is 0 Å². The van der Waals surface area contributed by atoms with Gasteiger partial charge < -0.3 is 4.57 Å². The summed E-state index contributed by atoms with van der Waals surface area (Å²) in [5.41, 5.74) is 2.64. The van der Waals surface area contributed by atoms with Gasteiger partial charge in [-0.05, 0) is 24.5 Å². The van der Waals surface area contributed by atoms with Crippen molar-refractivity contribution in [2.75, 3.05) is 0 Å². The van der Waals surface area contributed by atoms with E-state index in [-0.39, 0.29) is 0 Å². The molecule has 3 nitrogen and oxygen atoms in total. The molecule has 0 aliphatic rings. The van der Waals surface area contributed by atoms with Crippen LogP contribution in [0.1, 0.15) is 30.3 Å². The zero-order chi connectivity index (χ0) is 11.4. The number of rotatable bonds is 4. The van der Waals surface area contributed by atoms with Crippen LogP contribution in [-0.2, 0) is 13.0 Å². The first kappa shape index (κ1) is 10.9. The van der Waals surface area contributed by atoms with Gasteiger partial charge in [0.1, 0.15) is 12.2 Å². The molecule has 0 aliphatic heterocycles. The van der Waals surface area contributed by atoms with E-state index < -0.39 is 0 Å². The molecule has 84 valence electrons. The molecule has 0 saturated heterocycles. The highest BCUT2D eigenvalue weighted by Gasteiger charge is 2.05. The molecule has 0 bridgehead atoms. The predicted octanol–water partition coefficient (Wildman–Crippen LogP) is 2.59. The van der Waals surface area contributed by atoms with Crippen LogP contribution in [0.25, 0.3) is 0 Å². The summed E-state index contributed by atoms with van der Waals surface area (Å²) in [7, 11) is 0. The zero-order valence-corrected chi connectivity index (χ0v) is 9.85. The lowest BCUT2D eigenvalue weighted by Gasteiger charge is -2.06. The molecule has 16 heavy (non-hydrogen) atoms. The van der Waals surface area contributed by atoms with E-state index in [1.54, 1.807) is 0 Å². The van der Waals surface area contributed by atoms with Gasteiger partial charge in [-0.15, -0.1) is 10.2 Å². The fraction of sp³-hybridized carbons (Fsp3) is 0.385. The zero-order valence-electron chi connectivity index (χ0n) is 9.85. The fourth-order valence-electron chi connectivity index (χ4n) is 1.82. The summed E-state index contributed by atoms with van der Waals surface area (Å²) < 4.78 is 2.13. The molecular formula is C13H17N3. The largest absolute Gasteiger partial charge is 0.317 e. The smallest absolute Gasteiger partial charge is 0.137 e. The highest BCUT2D eigenvalue weighted by molar-refractivity contribution is 5.28. The Kier molecular flexibility index (Phi) is 3.34. The minimum Gasteiger partial charge on any atom is -0.317 e. The van der Waals surface area contributed by atoms with Gasteiger partial charge in [-0.25, -0.2) is 0 Å². The van der Waals surface area contributed by atoms with Crippen molar-refractivity contribution in [2.24, 2.45) is 0 Å². The van der Waals surface area contributed by atoms with Crippen molar-refractivity contribution in [1.82, 2.24) is 14.8 Å². The molecule has 0 amide bonds. The van der Waals surface area contributed by atoms with Crippen LogP contribution in [0.4, 0.5) is 0 Å². The molecule has 0 aliphatic carbocycles. The van der Waals surface area contributed by atoms with Crippen LogP contribution in [0, 0.1) is 6.92 Å². The van der Waals surface area contributed by atoms with Crippen molar-refractivity contribution in [2.45, 2.75) is 33.2 Å². The first-order valence-corrected chi connectivity index (χ1v) is 5.72. The van der Waals surface area contributed by atoms with E-state index in [2.05, 4.69) is 52.9 Å². The number of hydrogen-bond donors (Lipinski definition) is 0. The van der Waals surface area contributed by atoms with Crippen LogP contribution in [0.3, 0.4) is 0 Å². The summed E-state index contributed by atoms with van der Waals surface area (Å²) in [6, 6.07) is 8.43. The highest BCUT2D eigenvalue weighted by atomic mass is 15.3. The van der Waals surface area contributed by atoms with E-state index in [9.17, 15) is 0 Å². The van der Waals surface area contributed by atoms with E-state index in [1.807, 2.05) is 6.33 Å². The molecule has 0 atom stereocenters. The second-order valence-electron chi connectivity index (χ2n) is 4.04. The first-order valence-electron chi connectivity index (χ1n) is 5.72. The molecule has 0 fully saturated rings. The van der Waals surface area contributed by atoms with E-state index in [1.165, 1.54) is 11.1 Å². The molecule has 0 saturated carbocycles. The second-order valence-corrected chi connectivity index (χ2v) is 4.04. The van der Waals surface area contributed by atoms with Crippen molar-refractivity contribution < 1.29 is 0 Å². The number of hydrogen-bond acceptors (Lipinski definition) is 2. The summed E-state index contributed by atoms with van der Waals surface area (Å²) >= 11 is 0. The molecule has 1 heterocycles. The van der Waals surface area contributed by atoms with Crippen LogP contribution in [0.5, 0.6) is 0 Å². The van der Waals surface area contributed by atoms with Gasteiger partial charge in [0.25, 0.3) is 0 Å². The minimum absolute atomic E-state index is 0.868. The molecule has 0 unspecified atom stereocenters. The van der Waals surface area contributed by atoms with Crippen LogP contribution < -0.4 is 0 Å². The number of benzene rings is 1. The fourth-order valence-corrected chi connectivity index (χ4v) is 1.82. The van der Waals surface area contributed by atoms with Crippen molar-refractivity contribution in [1.29, 1.82) is 0 Å². The maximum absolute atomic E-state index is 4.18. The molecule has 1 aromatic heterocycles. The Morgan fingerprint density at radius 2 is 2.06 bits per heavy atom. The topological polar surface area (TPSA) is 30.7 Å². The molecule has 0 spiro atoms. The summed E-state index contributed by atoms with van der Waals surface area (Å²) in [4.78, 5) is 0. The Bertz CT molecular complexity index is 460. The van der Waals surface area contributed by atoms with Crippen molar-refractivity contribution in [3.63, 3.8) is 0 Å². The third kappa shape index (κ3) is 2.30. The maximum atomic E-state index is 4.18. The summed E-state index contributed by atoms with van der Waals surface area (Å²) in [5.74, 6) is 1.05. The van der Waals surface area contributed by atoms with E-state index in [0.717, 1.165) is 25.2 Å². The second kappa shape index (κ2) is 4.92. The number of nitrogens with zero attached hydrogens (tertiary/aromatic N) is 3. The summed E-state index contributed by atoms with van der Waals surface area (Å²) in [5, 5.41) is 8.16. The summed E-state index contributed by atoms with van der Waals surface area (Å²) in [6.07, 6.45) is 3.79. The third-order valence-corrected chi connectivity index (χ3v) is 2.77. The average molecular weight is 215 g/mol. The van der Waals surface area contributed by atoms with Crippen LogP contribution in [-0.4, -0.2) is 14.8 Å². The SMILES string of the molecule is CCCn1cnnc1Cc1ccccc1C. The van der Waals surface area contributed by atoms with Gasteiger partial charge in [-0.3, -0.25) is 0 Å². The molecule has 3 heteroatoms. The van der Waals surface area contributed by atoms with Gasteiger partial charge in [0.2, 0.25) is 0 Å². The number of aromatic nitrogens is 3. The lowest BCUT2D eigenvalue weighted by Crippen LogP contribution is -2.04. The van der Waals surface area contributed by atoms with Crippen molar-refractivity contribution in [3.05, 3.63) is 47.5 Å². The molecule has 2 rings (SSSR count). The lowest BCUT2D eigenvalue weighted by molar-refractivity contribution is 0.646. The Hall–Kier alpha value is -1.64. The Balaban J connectivity index is 2.20. The van der Waals surface area contributed by atoms with E-state index in [4.69, 9.17) is 0 Å². The standard InChI is InChI=1S/C13H17N3/c1-3-8-16-10-14-15-13(16)9-12-7-5-4-6-11(12)2/h4-7,10H,3,8-9H2,1-2H3. The minimum atomic E-state index is 0.868. The van der Waals surface area contributed by atoms with E-state index in [0.29, 0.717) is 0 Å². The molecular weight excluding hydrogens is 198 g/mol. The third-order valence-electron chi connectivity index (χ3n) is 2.77. The summed E-state index contributed by atoms with van der Waals surface area (Å²) in [6.45, 7) is 5.29. The van der Waals surface area contributed by atoms with Gasteiger partial charge in [-0.1, -0.05) is 31.2 Å². The Morgan fingerprint density at radius 3 is 2.81 bits per heavy atom. The predicted molar refractivity (Wildman–Crippen MR) is 64.3 cm³/mol.